The van der Waals surface area contributed by atoms with Crippen molar-refractivity contribution in [3.05, 3.63) is 166 Å². The van der Waals surface area contributed by atoms with Gasteiger partial charge in [-0.3, -0.25) is 0 Å². The zero-order valence-electron chi connectivity index (χ0n) is 29.0. The van der Waals surface area contributed by atoms with Crippen molar-refractivity contribution >= 4 is 10.8 Å². The molecular weight excluding hydrogens is 565 g/mol. The van der Waals surface area contributed by atoms with E-state index in [0.717, 1.165) is 11.8 Å². The van der Waals surface area contributed by atoms with Crippen LogP contribution in [0.3, 0.4) is 0 Å². The Hall–Kier alpha value is -4.42. The maximum atomic E-state index is 2.36. The molecule has 0 atom stereocenters. The Balaban J connectivity index is 0.000000127. The Morgan fingerprint density at radius 2 is 0.766 bits per heavy atom. The predicted molar refractivity (Wildman–Crippen MR) is 205 cm³/mol. The van der Waals surface area contributed by atoms with E-state index < -0.39 is 0 Å². The molecule has 0 bridgehead atoms. The van der Waals surface area contributed by atoms with Crippen LogP contribution in [0.2, 0.25) is 0 Å². The topological polar surface area (TPSA) is 0 Å². The van der Waals surface area contributed by atoms with Gasteiger partial charge in [-0.15, -0.1) is 0 Å². The normalized spacial score (nSPS) is 14.2. The van der Waals surface area contributed by atoms with Crippen LogP contribution in [0.4, 0.5) is 0 Å². The molecule has 0 radical (unpaired) electrons. The maximum Gasteiger partial charge on any atom is -0.0144 e. The molecule has 238 valence electrons. The maximum absolute atomic E-state index is 2.36. The zero-order chi connectivity index (χ0) is 32.8. The van der Waals surface area contributed by atoms with Crippen molar-refractivity contribution in [1.82, 2.24) is 0 Å². The molecule has 0 unspecified atom stereocenters. The third-order valence-corrected chi connectivity index (χ3v) is 10.3. The minimum atomic E-state index is 0.792. The highest BCUT2D eigenvalue weighted by Gasteiger charge is 2.24. The van der Waals surface area contributed by atoms with Crippen LogP contribution < -0.4 is 0 Å². The van der Waals surface area contributed by atoms with Gasteiger partial charge in [-0.05, 0) is 127 Å². The summed E-state index contributed by atoms with van der Waals surface area (Å²) in [6, 6.07) is 46.3. The van der Waals surface area contributed by atoms with Gasteiger partial charge in [0.15, 0.2) is 0 Å². The van der Waals surface area contributed by atoms with E-state index in [-0.39, 0.29) is 0 Å². The fourth-order valence-electron chi connectivity index (χ4n) is 7.02. The lowest BCUT2D eigenvalue weighted by Crippen LogP contribution is -2.10. The number of aryl methyl sites for hydroxylation is 5. The monoisotopic (exact) mass is 614 g/mol. The van der Waals surface area contributed by atoms with Gasteiger partial charge in [0.05, 0.1) is 0 Å². The van der Waals surface area contributed by atoms with Crippen molar-refractivity contribution in [1.29, 1.82) is 0 Å². The Morgan fingerprint density at radius 3 is 1.21 bits per heavy atom. The third-order valence-electron chi connectivity index (χ3n) is 10.3. The quantitative estimate of drug-likeness (QED) is 0.185. The van der Waals surface area contributed by atoms with Gasteiger partial charge in [-0.25, -0.2) is 0 Å². The third kappa shape index (κ3) is 7.77. The highest BCUT2D eigenvalue weighted by atomic mass is 14.3. The second-order valence-electron chi connectivity index (χ2n) is 13.9. The van der Waals surface area contributed by atoms with Crippen LogP contribution >= 0.6 is 0 Å². The van der Waals surface area contributed by atoms with Crippen molar-refractivity contribution in [2.75, 3.05) is 0 Å². The molecule has 8 rings (SSSR count). The van der Waals surface area contributed by atoms with Crippen LogP contribution in [-0.4, -0.2) is 0 Å². The van der Waals surface area contributed by atoms with Gasteiger partial charge in [-0.1, -0.05) is 157 Å². The van der Waals surface area contributed by atoms with Gasteiger partial charge in [0.2, 0.25) is 0 Å². The Bertz CT molecular complexity index is 1840. The van der Waals surface area contributed by atoms with Crippen molar-refractivity contribution in [3.63, 3.8) is 0 Å². The molecule has 0 aliphatic heterocycles. The van der Waals surface area contributed by atoms with Crippen LogP contribution in [0, 0.1) is 34.6 Å². The molecule has 0 aromatic heterocycles. The van der Waals surface area contributed by atoms with E-state index in [4.69, 9.17) is 0 Å². The van der Waals surface area contributed by atoms with Crippen LogP contribution in [0.25, 0.3) is 33.0 Å². The number of benzene rings is 6. The second-order valence-corrected chi connectivity index (χ2v) is 13.9. The average molecular weight is 615 g/mol. The molecular formula is C47H50. The van der Waals surface area contributed by atoms with Crippen molar-refractivity contribution in [3.8, 4) is 22.3 Å². The smallest absolute Gasteiger partial charge is 0.0144 e. The molecule has 0 spiro atoms. The van der Waals surface area contributed by atoms with E-state index in [1.165, 1.54) is 99.4 Å². The molecule has 0 heteroatoms. The average Bonchev–Trinajstić information content (AvgIpc) is 3.02. The van der Waals surface area contributed by atoms with E-state index in [1.54, 1.807) is 11.1 Å². The van der Waals surface area contributed by atoms with Gasteiger partial charge in [0, 0.05) is 0 Å². The van der Waals surface area contributed by atoms with Gasteiger partial charge < -0.3 is 0 Å². The molecule has 6 aromatic carbocycles. The molecule has 6 aromatic rings. The van der Waals surface area contributed by atoms with E-state index >= 15 is 0 Å². The lowest BCUT2D eigenvalue weighted by atomic mass is 9.76. The number of hydrogen-bond acceptors (Lipinski definition) is 0. The molecule has 0 heterocycles. The van der Waals surface area contributed by atoms with Gasteiger partial charge in [0.1, 0.15) is 0 Å². The molecule has 0 nitrogen and oxygen atoms in total. The molecule has 0 saturated heterocycles. The molecule has 2 aliphatic carbocycles. The summed E-state index contributed by atoms with van der Waals surface area (Å²) >= 11 is 0. The van der Waals surface area contributed by atoms with Crippen LogP contribution in [-0.2, 0) is 0 Å². The summed E-state index contributed by atoms with van der Waals surface area (Å²) in [6.45, 7) is 10.9. The lowest BCUT2D eigenvalue weighted by molar-refractivity contribution is 0.420. The predicted octanol–water partition coefficient (Wildman–Crippen LogP) is 13.6. The summed E-state index contributed by atoms with van der Waals surface area (Å²) in [5.74, 6) is 1.58. The van der Waals surface area contributed by atoms with Crippen molar-refractivity contribution in [2.24, 2.45) is 0 Å². The molecule has 47 heavy (non-hydrogen) atoms. The number of rotatable bonds is 4. The van der Waals surface area contributed by atoms with Gasteiger partial charge in [-0.2, -0.15) is 0 Å². The highest BCUT2D eigenvalue weighted by Crippen LogP contribution is 2.43. The van der Waals surface area contributed by atoms with Crippen molar-refractivity contribution in [2.45, 2.75) is 85.0 Å². The summed E-state index contributed by atoms with van der Waals surface area (Å²) in [6.07, 6.45) is 8.24. The standard InChI is InChI=1S/2C18H20.C11H10/c2*1-13-10-11-17(15-7-5-8-15)18(12-13)16-9-4-3-6-14(16)2;1-9-6-7-10-4-2-3-5-11(10)8-9/h2*3-4,6,9-12,15H,5,7-8H2,1-2H3;2-8H,1H3. The summed E-state index contributed by atoms with van der Waals surface area (Å²) in [5.41, 5.74) is 15.6. The fourth-order valence-corrected chi connectivity index (χ4v) is 7.02. The summed E-state index contributed by atoms with van der Waals surface area (Å²) in [7, 11) is 0. The first-order valence-electron chi connectivity index (χ1n) is 17.7. The molecule has 2 aliphatic rings. The van der Waals surface area contributed by atoms with Crippen LogP contribution in [0.1, 0.15) is 89.3 Å². The summed E-state index contributed by atoms with van der Waals surface area (Å²) in [5, 5.41) is 2.64. The second kappa shape index (κ2) is 15.0. The minimum absolute atomic E-state index is 0.792. The SMILES string of the molecule is Cc1ccc(C2CCC2)c(-c2ccccc2C)c1.Cc1ccc(C2CCC2)c(-c2ccccc2C)c1.Cc1ccc2ccccc2c1. The zero-order valence-corrected chi connectivity index (χ0v) is 29.0. The largest absolute Gasteiger partial charge is 0.0620 e. The summed E-state index contributed by atoms with van der Waals surface area (Å²) in [4.78, 5) is 0. The summed E-state index contributed by atoms with van der Waals surface area (Å²) < 4.78 is 0. The molecule has 2 fully saturated rings. The van der Waals surface area contributed by atoms with Gasteiger partial charge in [0.25, 0.3) is 0 Å². The lowest BCUT2D eigenvalue weighted by Gasteiger charge is -2.28. The van der Waals surface area contributed by atoms with E-state index in [2.05, 4.69) is 162 Å². The highest BCUT2D eigenvalue weighted by molar-refractivity contribution is 5.83. The first-order valence-corrected chi connectivity index (χ1v) is 17.7. The number of fused-ring (bicyclic) bond motifs is 1. The van der Waals surface area contributed by atoms with E-state index in [9.17, 15) is 0 Å². The molecule has 0 amide bonds. The number of hydrogen-bond donors (Lipinski definition) is 0. The minimum Gasteiger partial charge on any atom is -0.0620 e. The first-order chi connectivity index (χ1) is 22.9. The Morgan fingerprint density at radius 1 is 0.362 bits per heavy atom. The first kappa shape index (κ1) is 32.5. The molecule has 2 saturated carbocycles. The van der Waals surface area contributed by atoms with Crippen LogP contribution in [0.15, 0.2) is 127 Å². The fraction of sp³-hybridized carbons (Fsp3) is 0.277. The Kier molecular flexibility index (Phi) is 10.4. The van der Waals surface area contributed by atoms with Crippen LogP contribution in [0.5, 0.6) is 0 Å². The van der Waals surface area contributed by atoms with E-state index in [0.29, 0.717) is 0 Å². The molecule has 0 N–H and O–H groups in total. The van der Waals surface area contributed by atoms with E-state index in [1.807, 2.05) is 0 Å². The van der Waals surface area contributed by atoms with Gasteiger partial charge >= 0.3 is 0 Å². The van der Waals surface area contributed by atoms with Crippen molar-refractivity contribution < 1.29 is 0 Å². The Labute approximate surface area is 283 Å².